The summed E-state index contributed by atoms with van der Waals surface area (Å²) in [5.41, 5.74) is 19.1. The highest BCUT2D eigenvalue weighted by Gasteiger charge is 2.21. The molecule has 0 unspecified atom stereocenters. The summed E-state index contributed by atoms with van der Waals surface area (Å²) in [7, 11) is 0. The van der Waals surface area contributed by atoms with Crippen molar-refractivity contribution in [2.45, 2.75) is 0 Å². The largest absolute Gasteiger partial charge is 0.309 e. The lowest BCUT2D eigenvalue weighted by Gasteiger charge is -2.16. The highest BCUT2D eigenvalue weighted by Crippen LogP contribution is 2.48. The highest BCUT2D eigenvalue weighted by molar-refractivity contribution is 7.26. The van der Waals surface area contributed by atoms with Crippen molar-refractivity contribution in [3.05, 3.63) is 267 Å². The average Bonchev–Trinajstić information content (AvgIpc) is 4.30. The maximum atomic E-state index is 2.47. The van der Waals surface area contributed by atoms with E-state index in [0.717, 1.165) is 5.69 Å². The van der Waals surface area contributed by atoms with Crippen LogP contribution in [0.2, 0.25) is 0 Å². The number of hydrogen-bond acceptors (Lipinski definition) is 2. The van der Waals surface area contributed by atoms with E-state index in [1.807, 2.05) is 22.7 Å². The molecule has 0 aliphatic carbocycles. The maximum absolute atomic E-state index is 2.47. The third-order valence-electron chi connectivity index (χ3n) is 15.7. The van der Waals surface area contributed by atoms with Gasteiger partial charge in [0, 0.05) is 73.3 Å². The van der Waals surface area contributed by atoms with Gasteiger partial charge in [0.1, 0.15) is 0 Å². The van der Waals surface area contributed by atoms with E-state index in [1.54, 1.807) is 0 Å². The molecule has 0 amide bonds. The predicted molar refractivity (Wildman–Crippen MR) is 328 cm³/mol. The summed E-state index contributed by atoms with van der Waals surface area (Å²) in [6.07, 6.45) is 0. The van der Waals surface area contributed by atoms with Crippen molar-refractivity contribution in [3.63, 3.8) is 0 Å². The molecular formula is C72H44N2S2. The molecule has 0 bridgehead atoms. The smallest absolute Gasteiger partial charge is 0.0541 e. The van der Waals surface area contributed by atoms with Gasteiger partial charge in [-0.2, -0.15) is 0 Å². The molecule has 0 N–H and O–H groups in total. The normalized spacial score (nSPS) is 11.9. The Morgan fingerprint density at radius 2 is 0.684 bits per heavy atom. The molecular weight excluding hydrogens is 957 g/mol. The van der Waals surface area contributed by atoms with Gasteiger partial charge in [0.25, 0.3) is 0 Å². The van der Waals surface area contributed by atoms with Gasteiger partial charge in [0.2, 0.25) is 0 Å². The number of fused-ring (bicyclic) bond motifs is 12. The second-order valence-corrected chi connectivity index (χ2v) is 22.1. The standard InChI is InChI=1S/C72H44N2S2/c1-2-20-53(21-3-1)73-66-29-11-6-24-59(66)62-43-49(32-36-67(62)73)47-18-14-16-45(38-47)46-17-15-19-48(39-46)51-40-52(42-54(41-51)74-64-27-9-4-22-57(64)58-23-5-10-28-65(58)74)56-35-34-55(71-61-26-8-13-31-69(61)76-72(56)71)50-33-37-70-63(44-50)60-25-7-12-30-68(60)75-70/h1-44H. The van der Waals surface area contributed by atoms with E-state index in [9.17, 15) is 0 Å². The van der Waals surface area contributed by atoms with E-state index >= 15 is 0 Å². The quantitative estimate of drug-likeness (QED) is 0.151. The third kappa shape index (κ3) is 6.78. The zero-order chi connectivity index (χ0) is 49.8. The Hall–Kier alpha value is -9.32. The molecule has 354 valence electrons. The van der Waals surface area contributed by atoms with Crippen LogP contribution in [0.15, 0.2) is 267 Å². The summed E-state index contributed by atoms with van der Waals surface area (Å²) in [5, 5.41) is 10.2. The minimum atomic E-state index is 1.13. The number of benzene rings is 12. The van der Waals surface area contributed by atoms with Crippen LogP contribution in [-0.2, 0) is 0 Å². The van der Waals surface area contributed by atoms with Gasteiger partial charge in [-0.1, -0.05) is 170 Å². The molecule has 12 aromatic carbocycles. The minimum Gasteiger partial charge on any atom is -0.309 e. The van der Waals surface area contributed by atoms with Crippen molar-refractivity contribution < 1.29 is 0 Å². The van der Waals surface area contributed by atoms with Crippen molar-refractivity contribution in [2.24, 2.45) is 0 Å². The Morgan fingerprint density at radius 3 is 1.37 bits per heavy atom. The van der Waals surface area contributed by atoms with Crippen LogP contribution < -0.4 is 0 Å². The molecule has 76 heavy (non-hydrogen) atoms. The molecule has 0 saturated carbocycles. The van der Waals surface area contributed by atoms with Gasteiger partial charge < -0.3 is 9.13 Å². The van der Waals surface area contributed by atoms with Crippen LogP contribution in [0.3, 0.4) is 0 Å². The Balaban J connectivity index is 0.863. The Bertz CT molecular complexity index is 4950. The monoisotopic (exact) mass is 1000 g/mol. The Kier molecular flexibility index (Phi) is 9.71. The van der Waals surface area contributed by atoms with Crippen molar-refractivity contribution in [1.29, 1.82) is 0 Å². The predicted octanol–water partition coefficient (Wildman–Crippen LogP) is 21.0. The summed E-state index contributed by atoms with van der Waals surface area (Å²) < 4.78 is 10.1. The number of nitrogens with zero attached hydrogens (tertiary/aromatic N) is 2. The van der Waals surface area contributed by atoms with Crippen LogP contribution in [0.25, 0.3) is 151 Å². The zero-order valence-corrected chi connectivity index (χ0v) is 42.7. The van der Waals surface area contributed by atoms with Gasteiger partial charge in [0.15, 0.2) is 0 Å². The van der Waals surface area contributed by atoms with E-state index in [0.29, 0.717) is 0 Å². The van der Waals surface area contributed by atoms with Gasteiger partial charge in [-0.15, -0.1) is 22.7 Å². The summed E-state index contributed by atoms with van der Waals surface area (Å²) >= 11 is 3.78. The van der Waals surface area contributed by atoms with Crippen molar-refractivity contribution >= 4 is 107 Å². The number of aromatic nitrogens is 2. The molecule has 0 fully saturated rings. The molecule has 4 aromatic heterocycles. The van der Waals surface area contributed by atoms with Crippen LogP contribution in [0, 0.1) is 0 Å². The molecule has 16 rings (SSSR count). The van der Waals surface area contributed by atoms with E-state index in [2.05, 4.69) is 276 Å². The van der Waals surface area contributed by atoms with Crippen molar-refractivity contribution in [1.82, 2.24) is 9.13 Å². The Morgan fingerprint density at radius 1 is 0.224 bits per heavy atom. The second kappa shape index (κ2) is 17.1. The Labute approximate surface area is 446 Å². The van der Waals surface area contributed by atoms with E-state index in [-0.39, 0.29) is 0 Å². The SMILES string of the molecule is c1ccc(-n2c3ccccc3c3cc(-c4cccc(-c5cccc(-c6cc(-c7ccc(-c8ccc9sc%10ccccc%10c9c8)c8c7sc7ccccc78)cc(-n7c8ccccc8c8ccccc87)c6)c5)c4)ccc32)cc1. The van der Waals surface area contributed by atoms with Gasteiger partial charge in [0.05, 0.1) is 22.1 Å². The van der Waals surface area contributed by atoms with Gasteiger partial charge in [-0.3, -0.25) is 0 Å². The average molecular weight is 1000 g/mol. The number of hydrogen-bond donors (Lipinski definition) is 0. The summed E-state index contributed by atoms with van der Waals surface area (Å²) in [5.74, 6) is 0. The van der Waals surface area contributed by atoms with Crippen LogP contribution in [0.5, 0.6) is 0 Å². The van der Waals surface area contributed by atoms with Crippen LogP contribution >= 0.6 is 22.7 Å². The van der Waals surface area contributed by atoms with Crippen LogP contribution in [0.1, 0.15) is 0 Å². The first-order valence-corrected chi connectivity index (χ1v) is 27.6. The fourth-order valence-electron chi connectivity index (χ4n) is 12.2. The first kappa shape index (κ1) is 43.1. The first-order valence-electron chi connectivity index (χ1n) is 26.0. The highest BCUT2D eigenvalue weighted by atomic mass is 32.1. The van der Waals surface area contributed by atoms with Crippen molar-refractivity contribution in [3.8, 4) is 67.0 Å². The number of para-hydroxylation sites is 4. The third-order valence-corrected chi connectivity index (χ3v) is 18.0. The van der Waals surface area contributed by atoms with Crippen LogP contribution in [-0.4, -0.2) is 9.13 Å². The van der Waals surface area contributed by atoms with E-state index in [1.165, 1.54) is 145 Å². The van der Waals surface area contributed by atoms with Gasteiger partial charge in [-0.25, -0.2) is 0 Å². The lowest BCUT2D eigenvalue weighted by molar-refractivity contribution is 1.18. The topological polar surface area (TPSA) is 9.86 Å². The lowest BCUT2D eigenvalue weighted by Crippen LogP contribution is -1.96. The minimum absolute atomic E-state index is 1.13. The zero-order valence-electron chi connectivity index (χ0n) is 41.1. The molecule has 0 aliphatic rings. The molecule has 0 spiro atoms. The summed E-state index contributed by atoms with van der Waals surface area (Å²) in [6.45, 7) is 0. The maximum Gasteiger partial charge on any atom is 0.0541 e. The van der Waals surface area contributed by atoms with Gasteiger partial charge in [-0.05, 0) is 153 Å². The molecule has 16 aromatic rings. The molecule has 4 heteroatoms. The fourth-order valence-corrected chi connectivity index (χ4v) is 14.6. The second-order valence-electron chi connectivity index (χ2n) is 20.0. The first-order chi connectivity index (χ1) is 37.7. The van der Waals surface area contributed by atoms with Crippen LogP contribution in [0.4, 0.5) is 0 Å². The molecule has 0 radical (unpaired) electrons. The number of rotatable bonds is 7. The molecule has 2 nitrogen and oxygen atoms in total. The lowest BCUT2D eigenvalue weighted by atomic mass is 9.92. The molecule has 0 atom stereocenters. The van der Waals surface area contributed by atoms with E-state index < -0.39 is 0 Å². The molecule has 4 heterocycles. The van der Waals surface area contributed by atoms with Crippen molar-refractivity contribution in [2.75, 3.05) is 0 Å². The number of thiophene rings is 2. The summed E-state index contributed by atoms with van der Waals surface area (Å²) in [6, 6.07) is 99.1. The molecule has 0 aliphatic heterocycles. The summed E-state index contributed by atoms with van der Waals surface area (Å²) in [4.78, 5) is 0. The fraction of sp³-hybridized carbons (Fsp3) is 0. The van der Waals surface area contributed by atoms with E-state index in [4.69, 9.17) is 0 Å². The molecule has 0 saturated heterocycles. The van der Waals surface area contributed by atoms with Gasteiger partial charge >= 0.3 is 0 Å².